The quantitative estimate of drug-likeness (QED) is 0.664. The molecule has 0 aliphatic rings. The Morgan fingerprint density at radius 1 is 1.07 bits per heavy atom. The molecule has 0 unspecified atom stereocenters. The molecule has 1 amide bonds. The molecule has 9 heteroatoms. The number of carbonyl (C=O) groups is 1. The number of methoxy groups -OCH3 is 3. The monoisotopic (exact) mass is 385 g/mol. The molecule has 1 aromatic heterocycles. The molecule has 28 heavy (non-hydrogen) atoms. The Labute approximate surface area is 160 Å². The number of ether oxygens (including phenoxy) is 3. The van der Waals surface area contributed by atoms with Crippen LogP contribution in [-0.2, 0) is 11.3 Å². The van der Waals surface area contributed by atoms with Gasteiger partial charge in [-0.25, -0.2) is 4.79 Å². The van der Waals surface area contributed by atoms with Gasteiger partial charge in [-0.15, -0.1) is 5.10 Å². The minimum Gasteiger partial charge on any atom is -0.493 e. The minimum atomic E-state index is -0.723. The molecule has 0 aliphatic heterocycles. The normalized spacial score (nSPS) is 10.4. The lowest BCUT2D eigenvalue weighted by Crippen LogP contribution is -2.25. The molecule has 9 nitrogen and oxygen atoms in total. The van der Waals surface area contributed by atoms with Crippen LogP contribution in [0.5, 0.6) is 17.2 Å². The van der Waals surface area contributed by atoms with Gasteiger partial charge in [0.2, 0.25) is 17.5 Å². The Balaban J connectivity index is 1.78. The van der Waals surface area contributed by atoms with Gasteiger partial charge in [-0.3, -0.25) is 4.79 Å². The van der Waals surface area contributed by atoms with Gasteiger partial charge in [0.15, 0.2) is 11.5 Å². The Morgan fingerprint density at radius 3 is 2.29 bits per heavy atom. The number of anilines is 1. The van der Waals surface area contributed by atoms with Crippen LogP contribution in [-0.4, -0.2) is 37.0 Å². The molecule has 0 aliphatic carbocycles. The third-order valence-corrected chi connectivity index (χ3v) is 3.87. The fraction of sp³-hybridized carbons (Fsp3) is 0.211. The zero-order valence-corrected chi connectivity index (χ0v) is 15.6. The van der Waals surface area contributed by atoms with Crippen LogP contribution in [0.25, 0.3) is 11.5 Å². The molecular formula is C19H19N3O6. The van der Waals surface area contributed by atoms with E-state index < -0.39 is 11.7 Å². The van der Waals surface area contributed by atoms with Crippen molar-refractivity contribution in [2.45, 2.75) is 6.54 Å². The molecule has 0 bridgehead atoms. The number of carbonyl (C=O) groups excluding carboxylic acids is 1. The van der Waals surface area contributed by atoms with Crippen LogP contribution >= 0.6 is 0 Å². The van der Waals surface area contributed by atoms with Crippen molar-refractivity contribution in [3.05, 3.63) is 53.0 Å². The Morgan fingerprint density at radius 2 is 1.71 bits per heavy atom. The van der Waals surface area contributed by atoms with Gasteiger partial charge < -0.3 is 23.9 Å². The minimum absolute atomic E-state index is 0.145. The Hall–Kier alpha value is -3.75. The fourth-order valence-electron chi connectivity index (χ4n) is 2.59. The summed E-state index contributed by atoms with van der Waals surface area (Å²) in [7, 11) is 4.44. The van der Waals surface area contributed by atoms with Gasteiger partial charge in [0.1, 0.15) is 6.54 Å². The number of nitrogens with zero attached hydrogens (tertiary/aromatic N) is 2. The summed E-state index contributed by atoms with van der Waals surface area (Å²) < 4.78 is 21.8. The second-order valence-corrected chi connectivity index (χ2v) is 5.66. The van der Waals surface area contributed by atoms with Crippen molar-refractivity contribution in [2.75, 3.05) is 26.6 Å². The first-order valence-electron chi connectivity index (χ1n) is 8.29. The molecule has 0 saturated carbocycles. The SMILES string of the molecule is COc1cc(NC(=O)Cn2nc(-c3ccccc3)oc2=O)cc(OC)c1OC. The third kappa shape index (κ3) is 3.98. The van der Waals surface area contributed by atoms with E-state index in [0.717, 1.165) is 4.68 Å². The van der Waals surface area contributed by atoms with Crippen molar-refractivity contribution in [3.63, 3.8) is 0 Å². The molecule has 2 aromatic carbocycles. The van der Waals surface area contributed by atoms with E-state index in [1.54, 1.807) is 36.4 Å². The summed E-state index contributed by atoms with van der Waals surface area (Å²) in [5.41, 5.74) is 1.06. The predicted molar refractivity (Wildman–Crippen MR) is 101 cm³/mol. The lowest BCUT2D eigenvalue weighted by atomic mass is 10.2. The van der Waals surface area contributed by atoms with Crippen LogP contribution in [0, 0.1) is 0 Å². The lowest BCUT2D eigenvalue weighted by molar-refractivity contribution is -0.117. The summed E-state index contributed by atoms with van der Waals surface area (Å²) in [4.78, 5) is 24.4. The second kappa shape index (κ2) is 8.30. The van der Waals surface area contributed by atoms with Gasteiger partial charge in [-0.1, -0.05) is 18.2 Å². The van der Waals surface area contributed by atoms with Crippen LogP contribution in [0.1, 0.15) is 0 Å². The number of benzene rings is 2. The molecule has 0 spiro atoms. The Kier molecular flexibility index (Phi) is 5.64. The highest BCUT2D eigenvalue weighted by Gasteiger charge is 2.16. The van der Waals surface area contributed by atoms with E-state index in [-0.39, 0.29) is 12.4 Å². The van der Waals surface area contributed by atoms with Crippen LogP contribution < -0.4 is 25.3 Å². The maximum atomic E-state index is 12.4. The van der Waals surface area contributed by atoms with Crippen LogP contribution in [0.4, 0.5) is 5.69 Å². The zero-order valence-electron chi connectivity index (χ0n) is 15.6. The summed E-state index contributed by atoms with van der Waals surface area (Å²) >= 11 is 0. The summed E-state index contributed by atoms with van der Waals surface area (Å²) in [6.45, 7) is -0.314. The summed E-state index contributed by atoms with van der Waals surface area (Å²) in [5, 5.41) is 6.74. The van der Waals surface area contributed by atoms with Gasteiger partial charge >= 0.3 is 5.76 Å². The van der Waals surface area contributed by atoms with Gasteiger partial charge in [0, 0.05) is 23.4 Å². The highest BCUT2D eigenvalue weighted by Crippen LogP contribution is 2.39. The smallest absolute Gasteiger partial charge is 0.437 e. The third-order valence-electron chi connectivity index (χ3n) is 3.87. The highest BCUT2D eigenvalue weighted by atomic mass is 16.5. The van der Waals surface area contributed by atoms with E-state index in [1.165, 1.54) is 21.3 Å². The molecule has 0 saturated heterocycles. The lowest BCUT2D eigenvalue weighted by Gasteiger charge is -2.14. The number of rotatable bonds is 7. The highest BCUT2D eigenvalue weighted by molar-refractivity contribution is 5.91. The van der Waals surface area contributed by atoms with Crippen LogP contribution in [0.15, 0.2) is 51.7 Å². The maximum absolute atomic E-state index is 12.4. The van der Waals surface area contributed by atoms with Crippen LogP contribution in [0.3, 0.4) is 0 Å². The molecule has 1 heterocycles. The standard InChI is InChI=1S/C19H19N3O6/c1-25-14-9-13(10-15(26-2)17(14)27-3)20-16(23)11-22-19(24)28-18(21-22)12-7-5-4-6-8-12/h4-10H,11H2,1-3H3,(H,20,23). The second-order valence-electron chi connectivity index (χ2n) is 5.66. The summed E-state index contributed by atoms with van der Waals surface area (Å²) in [6, 6.07) is 12.1. The first-order valence-corrected chi connectivity index (χ1v) is 8.29. The van der Waals surface area contributed by atoms with Gasteiger partial charge in [-0.05, 0) is 12.1 Å². The molecule has 146 valence electrons. The van der Waals surface area contributed by atoms with E-state index >= 15 is 0 Å². The number of amides is 1. The summed E-state index contributed by atoms with van der Waals surface area (Å²) in [5.74, 6) is 0.141. The van der Waals surface area contributed by atoms with Crippen molar-refractivity contribution < 1.29 is 23.4 Å². The topological polar surface area (TPSA) is 105 Å². The predicted octanol–water partition coefficient (Wildman–Crippen LogP) is 2.17. The van der Waals surface area contributed by atoms with Crippen molar-refractivity contribution >= 4 is 11.6 Å². The number of aromatic nitrogens is 2. The Bertz CT molecular complexity index is 1000. The molecule has 1 N–H and O–H groups in total. The van der Waals surface area contributed by atoms with Crippen molar-refractivity contribution in [1.29, 1.82) is 0 Å². The first kappa shape index (κ1) is 19.0. The van der Waals surface area contributed by atoms with Gasteiger partial charge in [0.25, 0.3) is 0 Å². The maximum Gasteiger partial charge on any atom is 0.437 e. The van der Waals surface area contributed by atoms with Gasteiger partial charge in [-0.2, -0.15) is 4.68 Å². The van der Waals surface area contributed by atoms with E-state index in [9.17, 15) is 9.59 Å². The van der Waals surface area contributed by atoms with Crippen LogP contribution in [0.2, 0.25) is 0 Å². The summed E-state index contributed by atoms with van der Waals surface area (Å²) in [6.07, 6.45) is 0. The average molecular weight is 385 g/mol. The average Bonchev–Trinajstić information content (AvgIpc) is 3.08. The van der Waals surface area contributed by atoms with Crippen molar-refractivity contribution in [1.82, 2.24) is 9.78 Å². The molecular weight excluding hydrogens is 366 g/mol. The number of nitrogens with one attached hydrogen (secondary N) is 1. The molecule has 0 radical (unpaired) electrons. The zero-order chi connectivity index (χ0) is 20.1. The number of hydrogen-bond donors (Lipinski definition) is 1. The number of hydrogen-bond acceptors (Lipinski definition) is 7. The van der Waals surface area contributed by atoms with Crippen molar-refractivity contribution in [3.8, 4) is 28.7 Å². The van der Waals surface area contributed by atoms with E-state index in [0.29, 0.717) is 28.5 Å². The largest absolute Gasteiger partial charge is 0.493 e. The molecule has 3 aromatic rings. The molecule has 0 fully saturated rings. The van der Waals surface area contributed by atoms with E-state index in [2.05, 4.69) is 10.4 Å². The van der Waals surface area contributed by atoms with E-state index in [4.69, 9.17) is 18.6 Å². The van der Waals surface area contributed by atoms with Crippen molar-refractivity contribution in [2.24, 2.45) is 0 Å². The molecule has 3 rings (SSSR count). The fourth-order valence-corrected chi connectivity index (χ4v) is 2.59. The van der Waals surface area contributed by atoms with E-state index in [1.807, 2.05) is 6.07 Å². The van der Waals surface area contributed by atoms with Gasteiger partial charge in [0.05, 0.1) is 21.3 Å². The molecule has 0 atom stereocenters. The first-order chi connectivity index (χ1) is 13.5.